The number of carbonyl (C=O) groups is 1. The van der Waals surface area contributed by atoms with Crippen molar-refractivity contribution >= 4 is 5.91 Å². The van der Waals surface area contributed by atoms with Crippen LogP contribution in [0.1, 0.15) is 28.3 Å². The van der Waals surface area contributed by atoms with Gasteiger partial charge in [-0.25, -0.2) is 0 Å². The molecule has 0 spiro atoms. The van der Waals surface area contributed by atoms with Crippen molar-refractivity contribution in [1.82, 2.24) is 5.32 Å². The minimum absolute atomic E-state index is 0.166. The Kier molecular flexibility index (Phi) is 5.77. The normalized spacial score (nSPS) is 11.8. The Morgan fingerprint density at radius 2 is 1.78 bits per heavy atom. The summed E-state index contributed by atoms with van der Waals surface area (Å²) in [6.45, 7) is 4.57. The molecule has 0 aliphatic rings. The summed E-state index contributed by atoms with van der Waals surface area (Å²) in [6.07, 6.45) is 0.706. The van der Waals surface area contributed by atoms with E-state index < -0.39 is 6.04 Å². The standard InChI is InChI=1S/C19H24N2O2/c1-13-4-7-15(8-5-13)18(20)19(22)21-11-10-16-12-14(2)6-9-17(16)23-3/h4-9,12,18H,10-11,20H2,1-3H3,(H,21,22). The predicted octanol–water partition coefficient (Wildman–Crippen LogP) is 2.67. The number of amides is 1. The Morgan fingerprint density at radius 1 is 1.13 bits per heavy atom. The van der Waals surface area contributed by atoms with Crippen LogP contribution in [-0.4, -0.2) is 19.6 Å². The fourth-order valence-corrected chi connectivity index (χ4v) is 2.46. The van der Waals surface area contributed by atoms with Crippen LogP contribution in [0.15, 0.2) is 42.5 Å². The monoisotopic (exact) mass is 312 g/mol. The van der Waals surface area contributed by atoms with E-state index in [2.05, 4.69) is 11.4 Å². The highest BCUT2D eigenvalue weighted by atomic mass is 16.5. The van der Waals surface area contributed by atoms with Gasteiger partial charge >= 0.3 is 0 Å². The quantitative estimate of drug-likeness (QED) is 0.862. The van der Waals surface area contributed by atoms with Crippen molar-refractivity contribution in [2.45, 2.75) is 26.3 Å². The van der Waals surface area contributed by atoms with Crippen LogP contribution in [0.4, 0.5) is 0 Å². The smallest absolute Gasteiger partial charge is 0.241 e. The summed E-state index contributed by atoms with van der Waals surface area (Å²) in [6, 6.07) is 13.1. The molecule has 122 valence electrons. The number of carbonyl (C=O) groups excluding carboxylic acids is 1. The van der Waals surface area contributed by atoms with Crippen LogP contribution >= 0.6 is 0 Å². The summed E-state index contributed by atoms with van der Waals surface area (Å²) in [7, 11) is 1.65. The summed E-state index contributed by atoms with van der Waals surface area (Å²) in [5, 5.41) is 2.90. The first-order valence-electron chi connectivity index (χ1n) is 7.74. The van der Waals surface area contributed by atoms with E-state index in [1.165, 1.54) is 5.56 Å². The fraction of sp³-hybridized carbons (Fsp3) is 0.316. The minimum atomic E-state index is -0.644. The number of hydrogen-bond donors (Lipinski definition) is 2. The second-order valence-corrected chi connectivity index (χ2v) is 5.74. The average Bonchev–Trinajstić information content (AvgIpc) is 2.55. The minimum Gasteiger partial charge on any atom is -0.496 e. The molecule has 0 radical (unpaired) electrons. The van der Waals surface area contributed by atoms with Crippen LogP contribution in [0.3, 0.4) is 0 Å². The third kappa shape index (κ3) is 4.57. The van der Waals surface area contributed by atoms with E-state index >= 15 is 0 Å². The molecule has 0 aliphatic carbocycles. The molecule has 0 saturated heterocycles. The lowest BCUT2D eigenvalue weighted by atomic mass is 10.0. The van der Waals surface area contributed by atoms with E-state index in [1.54, 1.807) is 7.11 Å². The highest BCUT2D eigenvalue weighted by molar-refractivity contribution is 5.82. The number of ether oxygens (including phenoxy) is 1. The Balaban J connectivity index is 1.92. The van der Waals surface area contributed by atoms with Gasteiger partial charge in [-0.3, -0.25) is 4.79 Å². The van der Waals surface area contributed by atoms with Crippen LogP contribution in [0.5, 0.6) is 5.75 Å². The molecule has 0 aromatic heterocycles. The summed E-state index contributed by atoms with van der Waals surface area (Å²) < 4.78 is 5.35. The summed E-state index contributed by atoms with van der Waals surface area (Å²) in [4.78, 5) is 12.2. The van der Waals surface area contributed by atoms with E-state index in [4.69, 9.17) is 10.5 Å². The highest BCUT2D eigenvalue weighted by Crippen LogP contribution is 2.20. The molecule has 23 heavy (non-hydrogen) atoms. The maximum Gasteiger partial charge on any atom is 0.241 e. The van der Waals surface area contributed by atoms with Crippen LogP contribution in [0.25, 0.3) is 0 Å². The highest BCUT2D eigenvalue weighted by Gasteiger charge is 2.15. The van der Waals surface area contributed by atoms with E-state index in [0.717, 1.165) is 22.4 Å². The molecule has 4 nitrogen and oxygen atoms in total. The molecule has 2 rings (SSSR count). The molecular weight excluding hydrogens is 288 g/mol. The predicted molar refractivity (Wildman–Crippen MR) is 92.6 cm³/mol. The van der Waals surface area contributed by atoms with Crippen LogP contribution < -0.4 is 15.8 Å². The molecule has 0 aliphatic heterocycles. The lowest BCUT2D eigenvalue weighted by Gasteiger charge is -2.14. The number of nitrogens with one attached hydrogen (secondary N) is 1. The SMILES string of the molecule is COc1ccc(C)cc1CCNC(=O)C(N)c1ccc(C)cc1. The molecule has 1 amide bonds. The fourth-order valence-electron chi connectivity index (χ4n) is 2.46. The molecule has 0 heterocycles. The topological polar surface area (TPSA) is 64.3 Å². The number of methoxy groups -OCH3 is 1. The van der Waals surface area contributed by atoms with Crippen molar-refractivity contribution < 1.29 is 9.53 Å². The Hall–Kier alpha value is -2.33. The van der Waals surface area contributed by atoms with Gasteiger partial charge in [0.25, 0.3) is 0 Å². The van der Waals surface area contributed by atoms with Gasteiger partial charge in [-0.05, 0) is 37.5 Å². The maximum absolute atomic E-state index is 12.2. The Labute approximate surface area is 137 Å². The average molecular weight is 312 g/mol. The van der Waals surface area contributed by atoms with Gasteiger partial charge < -0.3 is 15.8 Å². The molecule has 1 atom stereocenters. The van der Waals surface area contributed by atoms with Gasteiger partial charge in [0.05, 0.1) is 7.11 Å². The first kappa shape index (κ1) is 17.0. The second-order valence-electron chi connectivity index (χ2n) is 5.74. The van der Waals surface area contributed by atoms with Gasteiger partial charge in [-0.2, -0.15) is 0 Å². The van der Waals surface area contributed by atoms with Crippen LogP contribution in [-0.2, 0) is 11.2 Å². The van der Waals surface area contributed by atoms with Crippen molar-refractivity contribution in [3.63, 3.8) is 0 Å². The number of rotatable bonds is 6. The summed E-state index contributed by atoms with van der Waals surface area (Å²) in [5.74, 6) is 0.674. The largest absolute Gasteiger partial charge is 0.496 e. The van der Waals surface area contributed by atoms with Crippen LogP contribution in [0.2, 0.25) is 0 Å². The molecular formula is C19H24N2O2. The second kappa shape index (κ2) is 7.79. The molecule has 0 fully saturated rings. The van der Waals surface area contributed by atoms with E-state index in [1.807, 2.05) is 50.2 Å². The number of benzene rings is 2. The molecule has 2 aromatic rings. The van der Waals surface area contributed by atoms with E-state index in [-0.39, 0.29) is 5.91 Å². The molecule has 0 bridgehead atoms. The lowest BCUT2D eigenvalue weighted by molar-refractivity contribution is -0.122. The third-order valence-corrected chi connectivity index (χ3v) is 3.85. The zero-order valence-electron chi connectivity index (χ0n) is 13.9. The zero-order chi connectivity index (χ0) is 16.8. The van der Waals surface area contributed by atoms with Crippen molar-refractivity contribution in [3.8, 4) is 5.75 Å². The Morgan fingerprint density at radius 3 is 2.43 bits per heavy atom. The lowest BCUT2D eigenvalue weighted by Crippen LogP contribution is -2.35. The van der Waals surface area contributed by atoms with Crippen LogP contribution in [0, 0.1) is 13.8 Å². The van der Waals surface area contributed by atoms with Gasteiger partial charge in [0, 0.05) is 6.54 Å². The first-order chi connectivity index (χ1) is 11.0. The zero-order valence-corrected chi connectivity index (χ0v) is 13.9. The van der Waals surface area contributed by atoms with Crippen molar-refractivity contribution in [3.05, 3.63) is 64.7 Å². The molecule has 1 unspecified atom stereocenters. The molecule has 2 aromatic carbocycles. The van der Waals surface area contributed by atoms with Gasteiger partial charge in [-0.15, -0.1) is 0 Å². The molecule has 4 heteroatoms. The number of hydrogen-bond acceptors (Lipinski definition) is 3. The van der Waals surface area contributed by atoms with Gasteiger partial charge in [0.1, 0.15) is 11.8 Å². The van der Waals surface area contributed by atoms with E-state index in [9.17, 15) is 4.79 Å². The van der Waals surface area contributed by atoms with Crippen molar-refractivity contribution in [2.24, 2.45) is 5.73 Å². The molecule has 0 saturated carbocycles. The first-order valence-corrected chi connectivity index (χ1v) is 7.74. The number of nitrogens with two attached hydrogens (primary N) is 1. The maximum atomic E-state index is 12.2. The molecule has 3 N–H and O–H groups in total. The summed E-state index contributed by atoms with van der Waals surface area (Å²) >= 11 is 0. The van der Waals surface area contributed by atoms with Gasteiger partial charge in [0.15, 0.2) is 0 Å². The summed E-state index contributed by atoms with van der Waals surface area (Å²) in [5.41, 5.74) is 10.2. The van der Waals surface area contributed by atoms with E-state index in [0.29, 0.717) is 13.0 Å². The Bertz CT molecular complexity index is 666. The van der Waals surface area contributed by atoms with Crippen molar-refractivity contribution in [1.29, 1.82) is 0 Å². The third-order valence-electron chi connectivity index (χ3n) is 3.85. The van der Waals surface area contributed by atoms with Crippen molar-refractivity contribution in [2.75, 3.05) is 13.7 Å². The number of aryl methyl sites for hydroxylation is 2. The van der Waals surface area contributed by atoms with Gasteiger partial charge in [-0.1, -0.05) is 47.5 Å². The van der Waals surface area contributed by atoms with Gasteiger partial charge in [0.2, 0.25) is 5.91 Å².